The van der Waals surface area contributed by atoms with Gasteiger partial charge in [-0.05, 0) is 116 Å². The Morgan fingerprint density at radius 2 is 1.18 bits per heavy atom. The van der Waals surface area contributed by atoms with Crippen molar-refractivity contribution in [1.29, 1.82) is 0 Å². The lowest BCUT2D eigenvalue weighted by Gasteiger charge is -2.28. The molecule has 8 aromatic rings. The minimum absolute atomic E-state index is 0.00446. The Hall–Kier alpha value is -5.55. The average molecular weight is 745 g/mol. The first kappa shape index (κ1) is 37.4. The molecule has 2 aromatic heterocycles. The summed E-state index contributed by atoms with van der Waals surface area (Å²) in [5.41, 5.74) is 13.0. The van der Waals surface area contributed by atoms with Crippen molar-refractivity contribution in [3.8, 4) is 39.3 Å². The summed E-state index contributed by atoms with van der Waals surface area (Å²) < 4.78 is 38.8. The number of imidazole rings is 1. The van der Waals surface area contributed by atoms with E-state index in [9.17, 15) is 8.78 Å². The van der Waals surface area contributed by atoms with Crippen molar-refractivity contribution < 1.29 is 13.2 Å². The third-order valence-electron chi connectivity index (χ3n) is 11.2. The quantitative estimate of drug-likeness (QED) is 0.170. The second-order valence-electron chi connectivity index (χ2n) is 18.0. The second kappa shape index (κ2) is 13.6. The van der Waals surface area contributed by atoms with Crippen molar-refractivity contribution in [1.82, 2.24) is 9.55 Å². The molecule has 2 heterocycles. The molecule has 0 amide bonds. The van der Waals surface area contributed by atoms with E-state index in [4.69, 9.17) is 9.40 Å². The normalized spacial score (nSPS) is 12.6. The van der Waals surface area contributed by atoms with Crippen molar-refractivity contribution in [2.75, 3.05) is 0 Å². The Balaban J connectivity index is 1.39. The van der Waals surface area contributed by atoms with Crippen LogP contribution in [0.15, 0.2) is 114 Å². The van der Waals surface area contributed by atoms with Gasteiger partial charge >= 0.3 is 0 Å². The minimum atomic E-state index is -0.612. The van der Waals surface area contributed by atoms with E-state index in [2.05, 4.69) is 128 Å². The zero-order chi connectivity index (χ0) is 39.8. The Labute approximate surface area is 329 Å². The fourth-order valence-corrected chi connectivity index (χ4v) is 7.98. The van der Waals surface area contributed by atoms with Gasteiger partial charge in [0.2, 0.25) is 0 Å². The fourth-order valence-electron chi connectivity index (χ4n) is 7.98. The molecular weight excluding hydrogens is 695 g/mol. The molecule has 0 N–H and O–H groups in total. The molecule has 0 radical (unpaired) electrons. The van der Waals surface area contributed by atoms with Gasteiger partial charge in [-0.1, -0.05) is 124 Å². The van der Waals surface area contributed by atoms with Crippen molar-refractivity contribution in [2.45, 2.75) is 91.9 Å². The number of fused-ring (bicyclic) bond motifs is 4. The lowest BCUT2D eigenvalue weighted by molar-refractivity contribution is 0.569. The van der Waals surface area contributed by atoms with Gasteiger partial charge in [0.1, 0.15) is 28.6 Å². The molecule has 0 unspecified atom stereocenters. The predicted molar refractivity (Wildman–Crippen MR) is 230 cm³/mol. The van der Waals surface area contributed by atoms with Crippen LogP contribution in [0.3, 0.4) is 0 Å². The zero-order valence-electron chi connectivity index (χ0n) is 34.1. The largest absolute Gasteiger partial charge is 0.455 e. The molecule has 0 aliphatic carbocycles. The molecule has 0 saturated heterocycles. The van der Waals surface area contributed by atoms with Gasteiger partial charge < -0.3 is 4.42 Å². The van der Waals surface area contributed by atoms with E-state index < -0.39 is 11.6 Å². The first-order valence-corrected chi connectivity index (χ1v) is 19.7. The van der Waals surface area contributed by atoms with Crippen LogP contribution in [-0.2, 0) is 10.8 Å². The molecule has 3 nitrogen and oxygen atoms in total. The van der Waals surface area contributed by atoms with Crippen molar-refractivity contribution in [2.24, 2.45) is 0 Å². The van der Waals surface area contributed by atoms with Gasteiger partial charge in [-0.25, -0.2) is 13.8 Å². The number of para-hydroxylation sites is 3. The molecule has 8 rings (SSSR count). The maximum absolute atomic E-state index is 14.9. The highest BCUT2D eigenvalue weighted by molar-refractivity contribution is 6.10. The number of hydrogen-bond acceptors (Lipinski definition) is 2. The number of aromatic nitrogens is 2. The van der Waals surface area contributed by atoms with Crippen LogP contribution in [0.5, 0.6) is 0 Å². The summed E-state index contributed by atoms with van der Waals surface area (Å²) in [6.45, 7) is 22.8. The first-order chi connectivity index (χ1) is 26.5. The van der Waals surface area contributed by atoms with E-state index in [0.717, 1.165) is 38.9 Å². The standard InChI is InChI=1S/C51H50F2N2O/c1-29(2)39-25-33(32-23-34(50(5,6)7)28-35(24-32)51(8,9)10)26-40(30(3)4)47(39)55-44-20-12-11-19-43(44)54-49(55)38-16-13-15-37-36-22-21-31(27-45(36)56-48(37)38)46-41(52)17-14-18-42(46)53/h11-30H,1-10H3. The summed E-state index contributed by atoms with van der Waals surface area (Å²) in [6.07, 6.45) is 0. The van der Waals surface area contributed by atoms with E-state index in [1.807, 2.05) is 24.3 Å². The van der Waals surface area contributed by atoms with Gasteiger partial charge in [-0.15, -0.1) is 0 Å². The molecule has 284 valence electrons. The average Bonchev–Trinajstić information content (AvgIpc) is 3.71. The molecule has 5 heteroatoms. The highest BCUT2D eigenvalue weighted by Gasteiger charge is 2.27. The number of nitrogens with zero attached hydrogens (tertiary/aromatic N) is 2. The molecule has 56 heavy (non-hydrogen) atoms. The Kier molecular flexibility index (Phi) is 9.06. The minimum Gasteiger partial charge on any atom is -0.455 e. The zero-order valence-corrected chi connectivity index (χ0v) is 34.1. The van der Waals surface area contributed by atoms with Gasteiger partial charge in [0, 0.05) is 10.8 Å². The van der Waals surface area contributed by atoms with Crippen LogP contribution in [0.4, 0.5) is 8.78 Å². The van der Waals surface area contributed by atoms with Gasteiger partial charge in [-0.3, -0.25) is 4.57 Å². The molecular formula is C51H50F2N2O. The number of halogens is 2. The topological polar surface area (TPSA) is 31.0 Å². The lowest BCUT2D eigenvalue weighted by atomic mass is 9.78. The first-order valence-electron chi connectivity index (χ1n) is 19.7. The van der Waals surface area contributed by atoms with Crippen LogP contribution >= 0.6 is 0 Å². The van der Waals surface area contributed by atoms with Crippen molar-refractivity contribution in [3.05, 3.63) is 143 Å². The third kappa shape index (κ3) is 6.41. The van der Waals surface area contributed by atoms with Gasteiger partial charge in [0.05, 0.1) is 27.8 Å². The summed E-state index contributed by atoms with van der Waals surface area (Å²) in [6, 6.07) is 35.7. The number of hydrogen-bond donors (Lipinski definition) is 0. The van der Waals surface area contributed by atoms with Crippen LogP contribution in [0, 0.1) is 11.6 Å². The molecule has 0 bridgehead atoms. The van der Waals surface area contributed by atoms with Gasteiger partial charge in [0.25, 0.3) is 0 Å². The summed E-state index contributed by atoms with van der Waals surface area (Å²) in [7, 11) is 0. The molecule has 0 fully saturated rings. The number of rotatable bonds is 6. The Morgan fingerprint density at radius 3 is 1.79 bits per heavy atom. The van der Waals surface area contributed by atoms with Crippen molar-refractivity contribution in [3.63, 3.8) is 0 Å². The maximum atomic E-state index is 14.9. The van der Waals surface area contributed by atoms with Crippen LogP contribution in [-0.4, -0.2) is 9.55 Å². The molecule has 0 aliphatic heterocycles. The maximum Gasteiger partial charge on any atom is 0.149 e. The Morgan fingerprint density at radius 1 is 0.589 bits per heavy atom. The smallest absolute Gasteiger partial charge is 0.149 e. The molecule has 0 spiro atoms. The molecule has 0 saturated carbocycles. The van der Waals surface area contributed by atoms with Crippen molar-refractivity contribution >= 4 is 33.0 Å². The van der Waals surface area contributed by atoms with E-state index in [0.29, 0.717) is 16.7 Å². The summed E-state index contributed by atoms with van der Waals surface area (Å²) in [5.74, 6) is -0.0525. The third-order valence-corrected chi connectivity index (χ3v) is 11.2. The lowest BCUT2D eigenvalue weighted by Crippen LogP contribution is -2.16. The summed E-state index contributed by atoms with van der Waals surface area (Å²) >= 11 is 0. The van der Waals surface area contributed by atoms with Crippen LogP contribution < -0.4 is 0 Å². The number of furan rings is 1. The molecule has 6 aromatic carbocycles. The number of benzene rings is 6. The summed E-state index contributed by atoms with van der Waals surface area (Å²) in [4.78, 5) is 5.33. The fraction of sp³-hybridized carbons (Fsp3) is 0.275. The van der Waals surface area contributed by atoms with Gasteiger partial charge in [0.15, 0.2) is 0 Å². The molecule has 0 aliphatic rings. The van der Waals surface area contributed by atoms with Crippen LogP contribution in [0.2, 0.25) is 0 Å². The predicted octanol–water partition coefficient (Wildman–Crippen LogP) is 15.0. The van der Waals surface area contributed by atoms with E-state index in [1.54, 1.807) is 12.1 Å². The van der Waals surface area contributed by atoms with Crippen LogP contribution in [0.1, 0.15) is 103 Å². The summed E-state index contributed by atoms with van der Waals surface area (Å²) in [5, 5.41) is 1.78. The highest BCUT2D eigenvalue weighted by Crippen LogP contribution is 2.44. The van der Waals surface area contributed by atoms with E-state index >= 15 is 0 Å². The van der Waals surface area contributed by atoms with Crippen LogP contribution in [0.25, 0.3) is 72.3 Å². The van der Waals surface area contributed by atoms with E-state index in [-0.39, 0.29) is 28.2 Å². The second-order valence-corrected chi connectivity index (χ2v) is 18.0. The highest BCUT2D eigenvalue weighted by atomic mass is 19.1. The van der Waals surface area contributed by atoms with E-state index in [1.165, 1.54) is 51.6 Å². The molecule has 0 atom stereocenters. The monoisotopic (exact) mass is 744 g/mol. The SMILES string of the molecule is CC(C)c1cc(-c2cc(C(C)(C)C)cc(C(C)(C)C)c2)cc(C(C)C)c1-n1c(-c2cccc3c2oc2cc(-c4c(F)cccc4F)ccc23)nc2ccccc21. The van der Waals surface area contributed by atoms with Gasteiger partial charge in [-0.2, -0.15) is 0 Å². The Bertz CT molecular complexity index is 2720.